The van der Waals surface area contributed by atoms with Crippen LogP contribution in [0, 0.1) is 5.92 Å². The summed E-state index contributed by atoms with van der Waals surface area (Å²) in [6.45, 7) is 0.685. The van der Waals surface area contributed by atoms with Gasteiger partial charge in [-0.15, -0.1) is 0 Å². The van der Waals surface area contributed by atoms with E-state index in [-0.39, 0.29) is 24.4 Å². The van der Waals surface area contributed by atoms with E-state index in [0.29, 0.717) is 24.8 Å². The minimum absolute atomic E-state index is 0.0508. The maximum Gasteiger partial charge on any atom is 0.325 e. The van der Waals surface area contributed by atoms with E-state index < -0.39 is 5.54 Å². The number of hydrogen-bond acceptors (Lipinski definition) is 3. The lowest BCUT2D eigenvalue weighted by molar-refractivity contribution is -0.142. The molecule has 132 valence electrons. The van der Waals surface area contributed by atoms with Gasteiger partial charge in [-0.3, -0.25) is 14.5 Å². The van der Waals surface area contributed by atoms with Gasteiger partial charge in [-0.05, 0) is 44.4 Å². The van der Waals surface area contributed by atoms with Crippen molar-refractivity contribution in [2.75, 3.05) is 13.1 Å². The number of imide groups is 1. The van der Waals surface area contributed by atoms with E-state index in [9.17, 15) is 14.4 Å². The lowest BCUT2D eigenvalue weighted by Crippen LogP contribution is -2.53. The molecule has 4 aliphatic rings. The van der Waals surface area contributed by atoms with Gasteiger partial charge in [0.2, 0.25) is 5.91 Å². The van der Waals surface area contributed by atoms with E-state index in [1.54, 1.807) is 0 Å². The number of piperidine rings is 1. The Balaban J connectivity index is 1.45. The first-order valence-corrected chi connectivity index (χ1v) is 9.54. The smallest absolute Gasteiger partial charge is 0.325 e. The second-order valence-electron chi connectivity index (χ2n) is 7.95. The maximum absolute atomic E-state index is 12.9. The van der Waals surface area contributed by atoms with Crippen molar-refractivity contribution in [1.82, 2.24) is 15.1 Å². The second-order valence-corrected chi connectivity index (χ2v) is 7.95. The van der Waals surface area contributed by atoms with E-state index in [2.05, 4.69) is 5.32 Å². The third-order valence-corrected chi connectivity index (χ3v) is 6.56. The highest BCUT2D eigenvalue weighted by Gasteiger charge is 2.53. The molecule has 1 N–H and O–H groups in total. The summed E-state index contributed by atoms with van der Waals surface area (Å²) in [7, 11) is 0. The molecule has 4 fully saturated rings. The molecule has 6 nitrogen and oxygen atoms in total. The van der Waals surface area contributed by atoms with Gasteiger partial charge in [0, 0.05) is 12.6 Å². The van der Waals surface area contributed by atoms with Crippen molar-refractivity contribution in [3.8, 4) is 0 Å². The Bertz CT molecular complexity index is 554. The third-order valence-electron chi connectivity index (χ3n) is 6.56. The highest BCUT2D eigenvalue weighted by molar-refractivity contribution is 6.09. The van der Waals surface area contributed by atoms with Crippen LogP contribution >= 0.6 is 0 Å². The van der Waals surface area contributed by atoms with E-state index >= 15 is 0 Å². The van der Waals surface area contributed by atoms with Gasteiger partial charge >= 0.3 is 6.03 Å². The second kappa shape index (κ2) is 6.05. The average molecular weight is 333 g/mol. The minimum atomic E-state index is -0.716. The summed E-state index contributed by atoms with van der Waals surface area (Å²) < 4.78 is 0. The molecule has 2 heterocycles. The molecule has 1 spiro atoms. The van der Waals surface area contributed by atoms with Crippen molar-refractivity contribution in [1.29, 1.82) is 0 Å². The van der Waals surface area contributed by atoms with Crippen molar-refractivity contribution in [2.24, 2.45) is 5.92 Å². The number of nitrogens with zero attached hydrogens (tertiary/aromatic N) is 2. The lowest BCUT2D eigenvalue weighted by atomic mass is 9.78. The lowest BCUT2D eigenvalue weighted by Gasteiger charge is -2.44. The molecule has 0 aromatic heterocycles. The molecule has 0 unspecified atom stereocenters. The molecular formula is C18H27N3O3. The van der Waals surface area contributed by atoms with Crippen LogP contribution < -0.4 is 5.32 Å². The van der Waals surface area contributed by atoms with Crippen molar-refractivity contribution >= 4 is 17.8 Å². The van der Waals surface area contributed by atoms with Gasteiger partial charge in [0.25, 0.3) is 5.91 Å². The zero-order chi connectivity index (χ0) is 16.7. The van der Waals surface area contributed by atoms with Crippen molar-refractivity contribution < 1.29 is 14.4 Å². The summed E-state index contributed by atoms with van der Waals surface area (Å²) in [5.74, 6) is 0.376. The number of likely N-dealkylation sites (tertiary alicyclic amines) is 1. The molecule has 4 amide bonds. The van der Waals surface area contributed by atoms with Gasteiger partial charge in [-0.25, -0.2) is 4.79 Å². The maximum atomic E-state index is 12.9. The Morgan fingerprint density at radius 3 is 2.54 bits per heavy atom. The van der Waals surface area contributed by atoms with Crippen LogP contribution in [0.2, 0.25) is 0 Å². The molecule has 0 bridgehead atoms. The predicted molar refractivity (Wildman–Crippen MR) is 88.1 cm³/mol. The molecule has 2 atom stereocenters. The van der Waals surface area contributed by atoms with Crippen molar-refractivity contribution in [3.05, 3.63) is 0 Å². The third kappa shape index (κ3) is 2.50. The van der Waals surface area contributed by atoms with Gasteiger partial charge in [-0.1, -0.05) is 25.7 Å². The molecule has 6 heteroatoms. The number of rotatable bonds is 2. The Kier molecular flexibility index (Phi) is 4.01. The van der Waals surface area contributed by atoms with Crippen molar-refractivity contribution in [3.63, 3.8) is 0 Å². The van der Waals surface area contributed by atoms with Gasteiger partial charge in [0.15, 0.2) is 0 Å². The zero-order valence-electron chi connectivity index (χ0n) is 14.3. The highest BCUT2D eigenvalue weighted by Crippen LogP contribution is 2.37. The number of carbonyl (C=O) groups excluding carboxylic acids is 3. The first-order valence-electron chi connectivity index (χ1n) is 9.54. The Labute approximate surface area is 142 Å². The van der Waals surface area contributed by atoms with Crippen LogP contribution in [-0.2, 0) is 9.59 Å². The topological polar surface area (TPSA) is 69.7 Å². The molecule has 4 rings (SSSR count). The summed E-state index contributed by atoms with van der Waals surface area (Å²) in [5.41, 5.74) is -0.716. The monoisotopic (exact) mass is 333 g/mol. The van der Waals surface area contributed by atoms with Crippen LogP contribution in [0.1, 0.15) is 64.2 Å². The summed E-state index contributed by atoms with van der Waals surface area (Å²) in [5, 5.41) is 2.86. The zero-order valence-corrected chi connectivity index (χ0v) is 14.3. The molecule has 24 heavy (non-hydrogen) atoms. The first kappa shape index (κ1) is 15.9. The molecule has 2 saturated heterocycles. The van der Waals surface area contributed by atoms with Crippen LogP contribution in [-0.4, -0.2) is 52.3 Å². The summed E-state index contributed by atoms with van der Waals surface area (Å²) >= 11 is 0. The fourth-order valence-corrected chi connectivity index (χ4v) is 5.30. The number of fused-ring (bicyclic) bond motifs is 1. The Morgan fingerprint density at radius 2 is 1.75 bits per heavy atom. The van der Waals surface area contributed by atoms with Crippen molar-refractivity contribution in [2.45, 2.75) is 75.8 Å². The minimum Gasteiger partial charge on any atom is -0.338 e. The molecular weight excluding hydrogens is 306 g/mol. The van der Waals surface area contributed by atoms with E-state index in [0.717, 1.165) is 32.2 Å². The van der Waals surface area contributed by atoms with Gasteiger partial charge in [-0.2, -0.15) is 0 Å². The number of hydrogen-bond donors (Lipinski definition) is 1. The van der Waals surface area contributed by atoms with E-state index in [1.807, 2.05) is 4.90 Å². The number of nitrogens with one attached hydrogen (secondary N) is 1. The fraction of sp³-hybridized carbons (Fsp3) is 0.833. The summed E-state index contributed by atoms with van der Waals surface area (Å²) in [4.78, 5) is 41.0. The van der Waals surface area contributed by atoms with Crippen LogP contribution in [0.15, 0.2) is 0 Å². The number of carbonyl (C=O) groups is 3. The molecule has 2 aliphatic heterocycles. The van der Waals surface area contributed by atoms with E-state index in [4.69, 9.17) is 0 Å². The highest BCUT2D eigenvalue weighted by atomic mass is 16.2. The van der Waals surface area contributed by atoms with Crippen LogP contribution in [0.4, 0.5) is 4.79 Å². The summed E-state index contributed by atoms with van der Waals surface area (Å²) in [6.07, 6.45) is 10.3. The largest absolute Gasteiger partial charge is 0.338 e. The summed E-state index contributed by atoms with van der Waals surface area (Å²) in [6, 6.07) is -0.0614. The standard InChI is InChI=1S/C18H27N3O3/c22-15(20-11-5-7-13-6-1-2-8-14(13)20)12-21-16(23)18(19-17(21)24)9-3-4-10-18/h13-14H,1-12H2,(H,19,24)/t13-,14-/m0/s1. The van der Waals surface area contributed by atoms with Gasteiger partial charge in [0.05, 0.1) is 0 Å². The van der Waals surface area contributed by atoms with Gasteiger partial charge in [0.1, 0.15) is 12.1 Å². The fourth-order valence-electron chi connectivity index (χ4n) is 5.30. The van der Waals surface area contributed by atoms with Crippen LogP contribution in [0.25, 0.3) is 0 Å². The predicted octanol–water partition coefficient (Wildman–Crippen LogP) is 2.03. The Morgan fingerprint density at radius 1 is 1.04 bits per heavy atom. The molecule has 0 aromatic carbocycles. The normalized spacial score (nSPS) is 32.2. The first-order chi connectivity index (χ1) is 11.6. The molecule has 0 aromatic rings. The van der Waals surface area contributed by atoms with Crippen LogP contribution in [0.3, 0.4) is 0 Å². The molecule has 0 radical (unpaired) electrons. The van der Waals surface area contributed by atoms with Crippen LogP contribution in [0.5, 0.6) is 0 Å². The van der Waals surface area contributed by atoms with Gasteiger partial charge < -0.3 is 10.2 Å². The number of amides is 4. The SMILES string of the molecule is O=C1NC2(CCCC2)C(=O)N1CC(=O)N1CCC[C@@H]2CCCC[C@@H]21. The average Bonchev–Trinajstić information content (AvgIpc) is 3.15. The Hall–Kier alpha value is -1.59. The molecule has 2 saturated carbocycles. The number of urea groups is 1. The molecule has 2 aliphatic carbocycles. The quantitative estimate of drug-likeness (QED) is 0.786. The van der Waals surface area contributed by atoms with E-state index in [1.165, 1.54) is 30.6 Å².